The third-order valence-electron chi connectivity index (χ3n) is 4.24. The van der Waals surface area contributed by atoms with Crippen molar-refractivity contribution in [2.75, 3.05) is 5.43 Å². The van der Waals surface area contributed by atoms with Crippen LogP contribution < -0.4 is 11.1 Å². The second-order valence-corrected chi connectivity index (χ2v) is 8.86. The van der Waals surface area contributed by atoms with Gasteiger partial charge in [0.25, 0.3) is 0 Å². The van der Waals surface area contributed by atoms with Crippen LogP contribution in [0.2, 0.25) is 5.02 Å². The average molecular weight is 517 g/mol. The Labute approximate surface area is 194 Å². The summed E-state index contributed by atoms with van der Waals surface area (Å²) in [6.45, 7) is 3.56. The number of halogens is 2. The largest absolute Gasteiger partial charge is 0.422 e. The predicted octanol–water partition coefficient (Wildman–Crippen LogP) is 7.23. The molecule has 0 spiro atoms. The van der Waals surface area contributed by atoms with Crippen molar-refractivity contribution in [3.05, 3.63) is 79.7 Å². The number of thiazole rings is 1. The summed E-state index contributed by atoms with van der Waals surface area (Å²) < 4.78 is 6.29. The molecule has 4 rings (SSSR count). The number of rotatable bonds is 5. The summed E-state index contributed by atoms with van der Waals surface area (Å²) >= 11 is 10.7. The van der Waals surface area contributed by atoms with Crippen LogP contribution in [-0.4, -0.2) is 10.7 Å². The van der Waals surface area contributed by atoms with Gasteiger partial charge in [0.2, 0.25) is 5.13 Å². The van der Waals surface area contributed by atoms with Crippen molar-refractivity contribution in [1.29, 1.82) is 0 Å². The maximum Gasteiger partial charge on any atom is 0.345 e. The van der Waals surface area contributed by atoms with E-state index in [-0.39, 0.29) is 0 Å². The van der Waals surface area contributed by atoms with Crippen LogP contribution in [0.4, 0.5) is 15.8 Å². The summed E-state index contributed by atoms with van der Waals surface area (Å²) in [4.78, 5) is 16.7. The van der Waals surface area contributed by atoms with Crippen LogP contribution >= 0.6 is 38.9 Å². The number of hydrogen-bond donors (Lipinski definition) is 1. The van der Waals surface area contributed by atoms with Crippen molar-refractivity contribution in [2.45, 2.75) is 13.8 Å². The van der Waals surface area contributed by atoms with Crippen LogP contribution in [0.25, 0.3) is 11.0 Å². The third kappa shape index (κ3) is 5.07. The lowest BCUT2D eigenvalue weighted by molar-refractivity contribution is 0.559. The van der Waals surface area contributed by atoms with Crippen LogP contribution in [0.1, 0.15) is 18.2 Å². The number of nitrogens with zero attached hydrogens (tertiary/aromatic N) is 4. The van der Waals surface area contributed by atoms with E-state index in [2.05, 4.69) is 41.7 Å². The number of aryl methyl sites for hydroxylation is 1. The maximum atomic E-state index is 12.3. The molecule has 4 aromatic rings. The maximum absolute atomic E-state index is 12.3. The van der Waals surface area contributed by atoms with Crippen molar-refractivity contribution in [3.8, 4) is 0 Å². The highest BCUT2D eigenvalue weighted by Crippen LogP contribution is 2.32. The highest BCUT2D eigenvalue weighted by Gasteiger charge is 2.10. The first-order valence-electron chi connectivity index (χ1n) is 9.08. The first-order chi connectivity index (χ1) is 14.9. The topological polar surface area (TPSA) is 92.2 Å². The molecule has 1 N–H and O–H groups in total. The van der Waals surface area contributed by atoms with Crippen LogP contribution in [0.3, 0.4) is 0 Å². The van der Waals surface area contributed by atoms with Gasteiger partial charge in [-0.2, -0.15) is 5.10 Å². The molecule has 0 aliphatic heterocycles. The van der Waals surface area contributed by atoms with Gasteiger partial charge < -0.3 is 4.42 Å². The van der Waals surface area contributed by atoms with E-state index in [0.29, 0.717) is 43.4 Å². The average Bonchev–Trinajstić information content (AvgIpc) is 3.10. The molecule has 0 atom stereocenters. The summed E-state index contributed by atoms with van der Waals surface area (Å²) in [5.41, 5.74) is 5.15. The zero-order chi connectivity index (χ0) is 22.0. The number of nitrogens with one attached hydrogen (secondary N) is 1. The molecule has 2 aromatic heterocycles. The van der Waals surface area contributed by atoms with Gasteiger partial charge in [-0.15, -0.1) is 10.2 Å². The van der Waals surface area contributed by atoms with E-state index in [0.717, 1.165) is 9.86 Å². The van der Waals surface area contributed by atoms with E-state index in [1.54, 1.807) is 31.2 Å². The molecular weight excluding hydrogens is 502 g/mol. The highest BCUT2D eigenvalue weighted by molar-refractivity contribution is 9.10. The first kappa shape index (κ1) is 21.4. The molecule has 0 aliphatic carbocycles. The number of hydrazone groups is 1. The fourth-order valence-electron chi connectivity index (χ4n) is 2.71. The van der Waals surface area contributed by atoms with Gasteiger partial charge in [-0.25, -0.2) is 9.78 Å². The lowest BCUT2D eigenvalue weighted by Gasteiger charge is -2.03. The summed E-state index contributed by atoms with van der Waals surface area (Å²) in [7, 11) is 0. The number of hydrogen-bond acceptors (Lipinski definition) is 8. The Morgan fingerprint density at radius 2 is 2.03 bits per heavy atom. The molecule has 156 valence electrons. The van der Waals surface area contributed by atoms with Gasteiger partial charge in [-0.1, -0.05) is 44.9 Å². The molecule has 0 radical (unpaired) electrons. The lowest BCUT2D eigenvalue weighted by Crippen LogP contribution is -2.13. The fraction of sp³-hybridized carbons (Fsp3) is 0.0952. The van der Waals surface area contributed by atoms with Crippen molar-refractivity contribution in [2.24, 2.45) is 15.3 Å². The van der Waals surface area contributed by atoms with Gasteiger partial charge in [0.1, 0.15) is 5.58 Å². The number of benzene rings is 2. The van der Waals surface area contributed by atoms with Gasteiger partial charge in [0, 0.05) is 14.9 Å². The summed E-state index contributed by atoms with van der Waals surface area (Å²) in [5, 5.41) is 15.3. The molecule has 0 unspecified atom stereocenters. The summed E-state index contributed by atoms with van der Waals surface area (Å²) in [5.74, 6) is 0. The van der Waals surface area contributed by atoms with E-state index < -0.39 is 5.63 Å². The molecule has 2 heterocycles. The van der Waals surface area contributed by atoms with Crippen molar-refractivity contribution >= 4 is 71.4 Å². The molecule has 0 saturated heterocycles. The Kier molecular flexibility index (Phi) is 6.26. The standard InChI is InChI=1S/C21H15BrClN5O2S/c1-11(17-9-13-8-14(22)6-7-18(13)30-20(17)29)25-28-21-24-12(2)19(31-21)27-26-16-5-3-4-15(23)10-16/h3-10H,1-2H3,(H,24,28)/b25-11+,27-26?. The molecule has 7 nitrogen and oxygen atoms in total. The number of aromatic nitrogens is 1. The van der Waals surface area contributed by atoms with E-state index >= 15 is 0 Å². The molecule has 0 aliphatic rings. The SMILES string of the molecule is C/C(=N\Nc1nc(C)c(N=Nc2cccc(Cl)c2)s1)c1cc2cc(Br)ccc2oc1=O. The minimum atomic E-state index is -0.454. The monoisotopic (exact) mass is 515 g/mol. The van der Waals surface area contributed by atoms with E-state index in [9.17, 15) is 4.79 Å². The Balaban J connectivity index is 1.55. The Morgan fingerprint density at radius 3 is 2.84 bits per heavy atom. The highest BCUT2D eigenvalue weighted by atomic mass is 79.9. The van der Waals surface area contributed by atoms with Crippen LogP contribution in [0, 0.1) is 6.92 Å². The summed E-state index contributed by atoms with van der Waals surface area (Å²) in [6, 6.07) is 14.3. The van der Waals surface area contributed by atoms with Gasteiger partial charge in [0.05, 0.1) is 22.7 Å². The van der Waals surface area contributed by atoms with Crippen molar-refractivity contribution in [1.82, 2.24) is 4.98 Å². The minimum Gasteiger partial charge on any atom is -0.422 e. The summed E-state index contributed by atoms with van der Waals surface area (Å²) in [6.07, 6.45) is 0. The van der Waals surface area contributed by atoms with Gasteiger partial charge in [0.15, 0.2) is 5.00 Å². The molecule has 2 aromatic carbocycles. The molecular formula is C21H15BrClN5O2S. The predicted molar refractivity (Wildman–Crippen MR) is 128 cm³/mol. The third-order valence-corrected chi connectivity index (χ3v) is 5.91. The Morgan fingerprint density at radius 1 is 1.19 bits per heavy atom. The number of anilines is 1. The minimum absolute atomic E-state index is 0.368. The van der Waals surface area contributed by atoms with Gasteiger partial charge in [-0.3, -0.25) is 5.43 Å². The van der Waals surface area contributed by atoms with Crippen LogP contribution in [0.15, 0.2) is 77.5 Å². The number of fused-ring (bicyclic) bond motifs is 1. The first-order valence-corrected chi connectivity index (χ1v) is 11.1. The van der Waals surface area contributed by atoms with Crippen LogP contribution in [0.5, 0.6) is 0 Å². The second-order valence-electron chi connectivity index (χ2n) is 6.53. The molecule has 0 fully saturated rings. The van der Waals surface area contributed by atoms with E-state index in [1.165, 1.54) is 11.3 Å². The number of azo groups is 1. The molecule has 0 bridgehead atoms. The quantitative estimate of drug-likeness (QED) is 0.131. The second kappa shape index (κ2) is 9.09. The molecule has 0 saturated carbocycles. The lowest BCUT2D eigenvalue weighted by atomic mass is 10.1. The Bertz CT molecular complexity index is 1400. The molecule has 31 heavy (non-hydrogen) atoms. The van der Waals surface area contributed by atoms with E-state index in [1.807, 2.05) is 31.2 Å². The smallest absolute Gasteiger partial charge is 0.345 e. The van der Waals surface area contributed by atoms with Gasteiger partial charge >= 0.3 is 5.63 Å². The fourth-order valence-corrected chi connectivity index (χ4v) is 4.00. The van der Waals surface area contributed by atoms with Crippen molar-refractivity contribution < 1.29 is 4.42 Å². The van der Waals surface area contributed by atoms with Crippen LogP contribution in [-0.2, 0) is 0 Å². The Hall–Kier alpha value is -2.88. The zero-order valence-corrected chi connectivity index (χ0v) is 19.5. The zero-order valence-electron chi connectivity index (χ0n) is 16.4. The van der Waals surface area contributed by atoms with Crippen molar-refractivity contribution in [3.63, 3.8) is 0 Å². The molecule has 0 amide bonds. The van der Waals surface area contributed by atoms with Gasteiger partial charge in [-0.05, 0) is 56.3 Å². The van der Waals surface area contributed by atoms with E-state index in [4.69, 9.17) is 16.0 Å². The normalized spacial score (nSPS) is 12.1. The molecule has 10 heteroatoms.